The Morgan fingerprint density at radius 2 is 1.00 bits per heavy atom. The van der Waals surface area contributed by atoms with E-state index in [9.17, 15) is 0 Å². The van der Waals surface area contributed by atoms with Crippen LogP contribution in [0.2, 0.25) is 0 Å². The van der Waals surface area contributed by atoms with Crippen molar-refractivity contribution in [3.8, 4) is 10.8 Å². The number of hydrogen-bond acceptors (Lipinski definition) is 4. The van der Waals surface area contributed by atoms with Crippen LogP contribution in [0, 0.1) is 21.3 Å². The molecule has 0 atom stereocenters. The third kappa shape index (κ3) is 60.8. The van der Waals surface area contributed by atoms with Crippen LogP contribution in [0.3, 0.4) is 0 Å². The first-order valence-corrected chi connectivity index (χ1v) is 5.70. The van der Waals surface area contributed by atoms with Gasteiger partial charge in [-0.05, 0) is 0 Å². The molecule has 0 aromatic heterocycles. The van der Waals surface area contributed by atoms with Crippen molar-refractivity contribution >= 4 is 25.3 Å². The summed E-state index contributed by atoms with van der Waals surface area (Å²) >= 11 is 6.19. The summed E-state index contributed by atoms with van der Waals surface area (Å²) in [7, 11) is 0. The fourth-order valence-electron chi connectivity index (χ4n) is 0.854. The van der Waals surface area contributed by atoms with E-state index in [2.05, 4.69) is 39.1 Å². The van der Waals surface area contributed by atoms with Crippen LogP contribution in [0.25, 0.3) is 0 Å². The lowest BCUT2D eigenvalue weighted by Crippen LogP contribution is -1.73. The van der Waals surface area contributed by atoms with E-state index in [0.717, 1.165) is 0 Å². The molecule has 0 saturated heterocycles. The van der Waals surface area contributed by atoms with Gasteiger partial charge in [-0.3, -0.25) is 0 Å². The van der Waals surface area contributed by atoms with Crippen LogP contribution in [0.4, 0.5) is 0 Å². The summed E-state index contributed by atoms with van der Waals surface area (Å²) in [6, 6.07) is 0. The average Bonchev–Trinajstić information content (AvgIpc) is 2.15. The summed E-state index contributed by atoms with van der Waals surface area (Å²) in [6.07, 6.45) is 8.49. The number of nitriles is 2. The average molecular weight is 232 g/mol. The lowest BCUT2D eigenvalue weighted by Gasteiger charge is -1.93. The highest BCUT2D eigenvalue weighted by Gasteiger charge is 1.83. The summed E-state index contributed by atoms with van der Waals surface area (Å²) in [5.74, 6) is 0. The molecule has 0 fully saturated rings. The summed E-state index contributed by atoms with van der Waals surface area (Å²) in [6.45, 7) is 4.51. The van der Waals surface area contributed by atoms with Crippen molar-refractivity contribution in [3.05, 3.63) is 0 Å². The minimum atomic E-state index is 1.36. The van der Waals surface area contributed by atoms with Gasteiger partial charge in [-0.1, -0.05) is 77.6 Å². The molecule has 4 heteroatoms. The maximum Gasteiger partial charge on any atom is 0.130 e. The molecule has 0 spiro atoms. The molecular formula is C10H20N2S2. The lowest BCUT2D eigenvalue weighted by atomic mass is 10.1. The molecule has 14 heavy (non-hydrogen) atoms. The van der Waals surface area contributed by atoms with Gasteiger partial charge in [-0.25, -0.2) is 0 Å². The molecule has 0 N–H and O–H groups in total. The fraction of sp³-hybridized carbons (Fsp3) is 0.800. The Hall–Kier alpha value is -0.320. The maximum atomic E-state index is 7.18. The van der Waals surface area contributed by atoms with Gasteiger partial charge >= 0.3 is 0 Å². The standard InChI is InChI=1S/C8H18.2CHNS/c1-3-5-7-8-6-4-2;2*2-1-3/h3-8H2,1-2H3;2*3H. The third-order valence-corrected chi connectivity index (χ3v) is 1.46. The summed E-state index contributed by atoms with van der Waals surface area (Å²) in [5.41, 5.74) is 0. The maximum absolute atomic E-state index is 7.18. The number of thiol groups is 2. The van der Waals surface area contributed by atoms with Crippen molar-refractivity contribution < 1.29 is 0 Å². The van der Waals surface area contributed by atoms with Crippen LogP contribution in [0.15, 0.2) is 0 Å². The quantitative estimate of drug-likeness (QED) is 0.425. The second-order valence-corrected chi connectivity index (χ2v) is 3.01. The van der Waals surface area contributed by atoms with Crippen molar-refractivity contribution in [2.75, 3.05) is 0 Å². The Kier molecular flexibility index (Phi) is 40.4. The van der Waals surface area contributed by atoms with E-state index in [0.29, 0.717) is 0 Å². The van der Waals surface area contributed by atoms with Crippen LogP contribution < -0.4 is 0 Å². The van der Waals surface area contributed by atoms with E-state index in [-0.39, 0.29) is 0 Å². The molecule has 0 heterocycles. The molecule has 0 rings (SSSR count). The number of thiocyanates is 2. The van der Waals surface area contributed by atoms with Crippen LogP contribution in [-0.4, -0.2) is 0 Å². The van der Waals surface area contributed by atoms with Crippen molar-refractivity contribution in [2.45, 2.75) is 52.4 Å². The Balaban J connectivity index is -0.000000168. The van der Waals surface area contributed by atoms with Gasteiger partial charge in [0.05, 0.1) is 0 Å². The fourth-order valence-corrected chi connectivity index (χ4v) is 0.854. The first-order valence-electron chi connectivity index (χ1n) is 4.81. The van der Waals surface area contributed by atoms with Crippen LogP contribution >= 0.6 is 25.3 Å². The number of rotatable bonds is 5. The van der Waals surface area contributed by atoms with Gasteiger partial charge in [0.25, 0.3) is 0 Å². The predicted molar refractivity (Wildman–Crippen MR) is 68.2 cm³/mol. The molecule has 0 aliphatic rings. The zero-order valence-electron chi connectivity index (χ0n) is 9.03. The Morgan fingerprint density at radius 3 is 1.14 bits per heavy atom. The molecule has 0 aromatic carbocycles. The van der Waals surface area contributed by atoms with Crippen LogP contribution in [0.1, 0.15) is 52.4 Å². The van der Waals surface area contributed by atoms with Crippen molar-refractivity contribution in [1.82, 2.24) is 0 Å². The second-order valence-electron chi connectivity index (χ2n) is 2.61. The van der Waals surface area contributed by atoms with Gasteiger partial charge in [0.1, 0.15) is 10.8 Å². The number of nitrogens with zero attached hydrogens (tertiary/aromatic N) is 2. The SMILES string of the molecule is CCCCCCCC.N#CS.N#CS. The van der Waals surface area contributed by atoms with Crippen LogP contribution in [0.5, 0.6) is 0 Å². The molecule has 0 aliphatic heterocycles. The smallest absolute Gasteiger partial charge is 0.130 e. The number of hydrogen-bond donors (Lipinski definition) is 2. The van der Waals surface area contributed by atoms with Gasteiger partial charge in [-0.15, -0.1) is 0 Å². The number of unbranched alkanes of at least 4 members (excludes halogenated alkanes) is 5. The Labute approximate surface area is 99.1 Å². The highest BCUT2D eigenvalue weighted by atomic mass is 32.1. The van der Waals surface area contributed by atoms with Gasteiger partial charge < -0.3 is 0 Å². The van der Waals surface area contributed by atoms with Crippen molar-refractivity contribution in [1.29, 1.82) is 10.5 Å². The summed E-state index contributed by atoms with van der Waals surface area (Å²) < 4.78 is 0. The van der Waals surface area contributed by atoms with E-state index in [1.165, 1.54) is 49.3 Å². The van der Waals surface area contributed by atoms with E-state index < -0.39 is 0 Å². The first kappa shape index (κ1) is 19.3. The molecule has 82 valence electrons. The summed E-state index contributed by atoms with van der Waals surface area (Å²) in [5, 5.41) is 17.3. The lowest BCUT2D eigenvalue weighted by molar-refractivity contribution is 0.624. The monoisotopic (exact) mass is 232 g/mol. The van der Waals surface area contributed by atoms with E-state index in [4.69, 9.17) is 10.5 Å². The van der Waals surface area contributed by atoms with Gasteiger partial charge in [0.15, 0.2) is 0 Å². The molecule has 0 radical (unpaired) electrons. The molecule has 0 saturated carbocycles. The molecule has 0 bridgehead atoms. The zero-order valence-corrected chi connectivity index (χ0v) is 10.8. The predicted octanol–water partition coefficient (Wildman–Crippen LogP) is 4.16. The minimum Gasteiger partial charge on any atom is -0.185 e. The van der Waals surface area contributed by atoms with Crippen molar-refractivity contribution in [3.63, 3.8) is 0 Å². The Morgan fingerprint density at radius 1 is 0.786 bits per heavy atom. The van der Waals surface area contributed by atoms with E-state index >= 15 is 0 Å². The van der Waals surface area contributed by atoms with E-state index in [1.807, 2.05) is 0 Å². The molecule has 0 aliphatic carbocycles. The Bertz CT molecular complexity index is 129. The molecule has 2 nitrogen and oxygen atoms in total. The first-order chi connectivity index (χ1) is 6.74. The topological polar surface area (TPSA) is 47.6 Å². The van der Waals surface area contributed by atoms with Crippen LogP contribution in [-0.2, 0) is 0 Å². The second kappa shape index (κ2) is 29.3. The highest BCUT2D eigenvalue weighted by Crippen LogP contribution is 2.03. The highest BCUT2D eigenvalue weighted by molar-refractivity contribution is 7.85. The summed E-state index contributed by atoms with van der Waals surface area (Å²) in [4.78, 5) is 0. The largest absolute Gasteiger partial charge is 0.185 e. The molecule has 0 unspecified atom stereocenters. The zero-order chi connectivity index (χ0) is 11.7. The van der Waals surface area contributed by atoms with E-state index in [1.54, 1.807) is 0 Å². The molecule has 0 aromatic rings. The van der Waals surface area contributed by atoms with Gasteiger partial charge in [0, 0.05) is 0 Å². The normalized spacial score (nSPS) is 6.71. The minimum absolute atomic E-state index is 1.36. The van der Waals surface area contributed by atoms with Crippen molar-refractivity contribution in [2.24, 2.45) is 0 Å². The molecule has 0 amide bonds. The van der Waals surface area contributed by atoms with Gasteiger partial charge in [0.2, 0.25) is 0 Å². The third-order valence-electron chi connectivity index (χ3n) is 1.46. The molecular weight excluding hydrogens is 212 g/mol. The van der Waals surface area contributed by atoms with Gasteiger partial charge in [-0.2, -0.15) is 10.5 Å².